The van der Waals surface area contributed by atoms with Gasteiger partial charge in [-0.15, -0.1) is 0 Å². The number of aryl methyl sites for hydroxylation is 1. The van der Waals surface area contributed by atoms with E-state index in [9.17, 15) is 0 Å². The molecule has 0 aliphatic carbocycles. The lowest BCUT2D eigenvalue weighted by molar-refractivity contribution is 1.03. The minimum atomic E-state index is 0.584. The number of H-pyrrole nitrogens is 1. The van der Waals surface area contributed by atoms with Crippen molar-refractivity contribution >= 4 is 12.2 Å². The second kappa shape index (κ2) is 5.38. The molecule has 1 N–H and O–H groups in total. The average molecular weight is 282 g/mol. The van der Waals surface area contributed by atoms with Gasteiger partial charge in [-0.3, -0.25) is 14.6 Å². The predicted molar refractivity (Wildman–Crippen MR) is 81.4 cm³/mol. The summed E-state index contributed by atoms with van der Waals surface area (Å²) in [4.78, 5) is 4.03. The van der Waals surface area contributed by atoms with E-state index in [2.05, 4.69) is 46.4 Å². The molecule has 0 spiro atoms. The first kappa shape index (κ1) is 12.7. The highest BCUT2D eigenvalue weighted by Gasteiger charge is 2.10. The lowest BCUT2D eigenvalue weighted by atomic mass is 10.1. The van der Waals surface area contributed by atoms with E-state index in [4.69, 9.17) is 12.2 Å². The molecule has 0 saturated carbocycles. The van der Waals surface area contributed by atoms with Crippen LogP contribution in [0.4, 0.5) is 0 Å². The van der Waals surface area contributed by atoms with Crippen molar-refractivity contribution in [2.75, 3.05) is 0 Å². The number of nitrogens with one attached hydrogen (secondary N) is 1. The van der Waals surface area contributed by atoms with Gasteiger partial charge in [0.05, 0.1) is 0 Å². The average Bonchev–Trinajstić information content (AvgIpc) is 2.90. The minimum absolute atomic E-state index is 0.584. The summed E-state index contributed by atoms with van der Waals surface area (Å²) in [5.41, 5.74) is 3.29. The van der Waals surface area contributed by atoms with Crippen LogP contribution in [0, 0.1) is 4.77 Å². The number of hydrogen-bond donors (Lipinski definition) is 1. The zero-order valence-electron chi connectivity index (χ0n) is 11.1. The van der Waals surface area contributed by atoms with E-state index >= 15 is 0 Å². The monoisotopic (exact) mass is 282 g/mol. The molecule has 0 atom stereocenters. The highest BCUT2D eigenvalue weighted by Crippen LogP contribution is 2.21. The lowest BCUT2D eigenvalue weighted by Crippen LogP contribution is -1.98. The number of benzene rings is 1. The molecule has 5 heteroatoms. The quantitative estimate of drug-likeness (QED) is 0.747. The Labute approximate surface area is 122 Å². The fourth-order valence-electron chi connectivity index (χ4n) is 2.11. The number of aromatic nitrogens is 4. The summed E-state index contributed by atoms with van der Waals surface area (Å²) < 4.78 is 2.52. The van der Waals surface area contributed by atoms with Crippen LogP contribution in [-0.4, -0.2) is 19.7 Å². The van der Waals surface area contributed by atoms with Gasteiger partial charge in [-0.1, -0.05) is 19.1 Å². The smallest absolute Gasteiger partial charge is 0.200 e. The molecule has 2 aromatic heterocycles. The molecule has 2 heterocycles. The molecule has 1 aromatic carbocycles. The molecule has 0 fully saturated rings. The molecule has 20 heavy (non-hydrogen) atoms. The van der Waals surface area contributed by atoms with Crippen molar-refractivity contribution in [1.82, 2.24) is 19.7 Å². The standard InChI is InChI=1S/C15H14N4S/c1-2-11-3-5-13(6-4-11)19-14(17-18-15(19)20)12-7-9-16-10-8-12/h3-10H,2H2,1H3,(H,18,20). The van der Waals surface area contributed by atoms with Gasteiger partial charge in [-0.2, -0.15) is 5.10 Å². The van der Waals surface area contributed by atoms with Gasteiger partial charge >= 0.3 is 0 Å². The maximum atomic E-state index is 5.35. The second-order valence-corrected chi connectivity index (χ2v) is 4.83. The van der Waals surface area contributed by atoms with Crippen LogP contribution in [0.3, 0.4) is 0 Å². The Balaban J connectivity index is 2.14. The molecule has 0 bridgehead atoms. The Morgan fingerprint density at radius 3 is 2.45 bits per heavy atom. The van der Waals surface area contributed by atoms with E-state index in [0.717, 1.165) is 23.5 Å². The Morgan fingerprint density at radius 2 is 1.80 bits per heavy atom. The zero-order chi connectivity index (χ0) is 13.9. The third kappa shape index (κ3) is 2.28. The van der Waals surface area contributed by atoms with Gasteiger partial charge in [0.15, 0.2) is 10.6 Å². The summed E-state index contributed by atoms with van der Waals surface area (Å²) >= 11 is 5.35. The molecule has 0 radical (unpaired) electrons. The van der Waals surface area contributed by atoms with Crippen molar-refractivity contribution in [3.63, 3.8) is 0 Å². The number of rotatable bonds is 3. The summed E-state index contributed by atoms with van der Waals surface area (Å²) in [6, 6.07) is 12.2. The van der Waals surface area contributed by atoms with Gasteiger partial charge in [0, 0.05) is 23.6 Å². The molecule has 100 valence electrons. The summed E-state index contributed by atoms with van der Waals surface area (Å²) in [6.07, 6.45) is 4.52. The molecule has 0 aliphatic heterocycles. The van der Waals surface area contributed by atoms with E-state index in [1.54, 1.807) is 12.4 Å². The third-order valence-corrected chi connectivity index (χ3v) is 3.49. The van der Waals surface area contributed by atoms with E-state index in [0.29, 0.717) is 4.77 Å². The lowest BCUT2D eigenvalue weighted by Gasteiger charge is -2.07. The summed E-state index contributed by atoms with van der Waals surface area (Å²) in [5, 5.41) is 7.18. The molecular weight excluding hydrogens is 268 g/mol. The van der Waals surface area contributed by atoms with Crippen molar-refractivity contribution in [2.24, 2.45) is 0 Å². The first-order valence-electron chi connectivity index (χ1n) is 6.46. The predicted octanol–water partition coefficient (Wildman–Crippen LogP) is 3.55. The van der Waals surface area contributed by atoms with Gasteiger partial charge in [0.25, 0.3) is 0 Å². The maximum absolute atomic E-state index is 5.35. The van der Waals surface area contributed by atoms with E-state index in [1.165, 1.54) is 5.56 Å². The summed E-state index contributed by atoms with van der Waals surface area (Å²) in [7, 11) is 0. The maximum Gasteiger partial charge on any atom is 0.200 e. The second-order valence-electron chi connectivity index (χ2n) is 4.44. The highest BCUT2D eigenvalue weighted by atomic mass is 32.1. The van der Waals surface area contributed by atoms with Crippen LogP contribution in [0.2, 0.25) is 0 Å². The SMILES string of the molecule is CCc1ccc(-n2c(-c3ccncc3)n[nH]c2=S)cc1. The number of nitrogens with zero attached hydrogens (tertiary/aromatic N) is 3. The molecule has 3 aromatic rings. The van der Waals surface area contributed by atoms with Crippen LogP contribution >= 0.6 is 12.2 Å². The van der Waals surface area contributed by atoms with Gasteiger partial charge in [-0.25, -0.2) is 0 Å². The molecule has 0 saturated heterocycles. The molecular formula is C15H14N4S. The number of hydrogen-bond acceptors (Lipinski definition) is 3. The fraction of sp³-hybridized carbons (Fsp3) is 0.133. The Kier molecular flexibility index (Phi) is 3.43. The fourth-order valence-corrected chi connectivity index (χ4v) is 2.35. The Morgan fingerprint density at radius 1 is 1.10 bits per heavy atom. The molecule has 0 amide bonds. The minimum Gasteiger partial charge on any atom is -0.268 e. The van der Waals surface area contributed by atoms with Gasteiger partial charge < -0.3 is 0 Å². The van der Waals surface area contributed by atoms with Crippen LogP contribution in [0.15, 0.2) is 48.8 Å². The van der Waals surface area contributed by atoms with Crippen LogP contribution in [0.25, 0.3) is 17.1 Å². The van der Waals surface area contributed by atoms with Crippen LogP contribution in [0.5, 0.6) is 0 Å². The van der Waals surface area contributed by atoms with E-state index < -0.39 is 0 Å². The number of aromatic amines is 1. The molecule has 0 unspecified atom stereocenters. The molecule has 4 nitrogen and oxygen atoms in total. The molecule has 3 rings (SSSR count). The van der Waals surface area contributed by atoms with E-state index in [-0.39, 0.29) is 0 Å². The van der Waals surface area contributed by atoms with Crippen LogP contribution in [-0.2, 0) is 6.42 Å². The van der Waals surface area contributed by atoms with Gasteiger partial charge in [0.1, 0.15) is 0 Å². The third-order valence-electron chi connectivity index (χ3n) is 3.21. The Bertz CT molecular complexity index is 757. The first-order chi connectivity index (χ1) is 9.79. The first-order valence-corrected chi connectivity index (χ1v) is 6.87. The van der Waals surface area contributed by atoms with Gasteiger partial charge in [0.2, 0.25) is 0 Å². The largest absolute Gasteiger partial charge is 0.268 e. The van der Waals surface area contributed by atoms with Crippen molar-refractivity contribution in [3.05, 3.63) is 59.1 Å². The number of pyridine rings is 1. The van der Waals surface area contributed by atoms with Crippen LogP contribution in [0.1, 0.15) is 12.5 Å². The molecule has 0 aliphatic rings. The normalized spacial score (nSPS) is 10.7. The Hall–Kier alpha value is -2.27. The van der Waals surface area contributed by atoms with Crippen molar-refractivity contribution < 1.29 is 0 Å². The zero-order valence-corrected chi connectivity index (χ0v) is 11.9. The van der Waals surface area contributed by atoms with Crippen molar-refractivity contribution in [3.8, 4) is 17.1 Å². The summed E-state index contributed by atoms with van der Waals surface area (Å²) in [5.74, 6) is 0.793. The van der Waals surface area contributed by atoms with Crippen molar-refractivity contribution in [1.29, 1.82) is 0 Å². The van der Waals surface area contributed by atoms with E-state index in [1.807, 2.05) is 16.7 Å². The van der Waals surface area contributed by atoms with Crippen LogP contribution < -0.4 is 0 Å². The van der Waals surface area contributed by atoms with Crippen molar-refractivity contribution in [2.45, 2.75) is 13.3 Å². The summed E-state index contributed by atoms with van der Waals surface area (Å²) in [6.45, 7) is 2.14. The van der Waals surface area contributed by atoms with Gasteiger partial charge in [-0.05, 0) is 48.5 Å². The highest BCUT2D eigenvalue weighted by molar-refractivity contribution is 7.71. The topological polar surface area (TPSA) is 46.5 Å².